The molecule has 0 heterocycles. The molecule has 1 saturated carbocycles. The van der Waals surface area contributed by atoms with Crippen LogP contribution in [0.15, 0.2) is 24.3 Å². The van der Waals surface area contributed by atoms with Crippen LogP contribution in [0.1, 0.15) is 38.5 Å². The normalized spacial score (nSPS) is 47.4. The quantitative estimate of drug-likeness (QED) is 0.532. The molecular formula is C13H18. The van der Waals surface area contributed by atoms with Gasteiger partial charge in [-0.25, -0.2) is 0 Å². The van der Waals surface area contributed by atoms with Crippen LogP contribution in [-0.2, 0) is 0 Å². The predicted octanol–water partition coefficient (Wildman–Crippen LogP) is 3.70. The fraction of sp³-hybridized carbons (Fsp3) is 0.692. The van der Waals surface area contributed by atoms with Gasteiger partial charge in [0.25, 0.3) is 0 Å². The summed E-state index contributed by atoms with van der Waals surface area (Å²) in [6.07, 6.45) is 18.5. The highest BCUT2D eigenvalue weighted by molar-refractivity contribution is 5.20. The van der Waals surface area contributed by atoms with E-state index in [1.165, 1.54) is 38.5 Å². The van der Waals surface area contributed by atoms with Crippen molar-refractivity contribution in [2.75, 3.05) is 0 Å². The molecule has 0 radical (unpaired) electrons. The largest absolute Gasteiger partial charge is 0.0882 e. The zero-order valence-corrected chi connectivity index (χ0v) is 8.21. The van der Waals surface area contributed by atoms with Gasteiger partial charge in [-0.2, -0.15) is 0 Å². The minimum Gasteiger partial charge on any atom is -0.0882 e. The van der Waals surface area contributed by atoms with Gasteiger partial charge in [0.2, 0.25) is 0 Å². The molecule has 3 atom stereocenters. The lowest BCUT2D eigenvalue weighted by atomic mass is 9.71. The van der Waals surface area contributed by atoms with Crippen LogP contribution in [0.25, 0.3) is 0 Å². The minimum atomic E-state index is 0.613. The summed E-state index contributed by atoms with van der Waals surface area (Å²) in [5.74, 6) is 1.82. The molecule has 3 rings (SSSR count). The van der Waals surface area contributed by atoms with Crippen molar-refractivity contribution in [3.8, 4) is 0 Å². The van der Waals surface area contributed by atoms with Gasteiger partial charge in [0, 0.05) is 0 Å². The van der Waals surface area contributed by atoms with Crippen LogP contribution < -0.4 is 0 Å². The molecule has 1 fully saturated rings. The van der Waals surface area contributed by atoms with Gasteiger partial charge in [-0.05, 0) is 55.8 Å². The summed E-state index contributed by atoms with van der Waals surface area (Å²) in [7, 11) is 0. The third-order valence-electron chi connectivity index (χ3n) is 4.32. The first-order chi connectivity index (χ1) is 6.39. The maximum absolute atomic E-state index is 2.54. The summed E-state index contributed by atoms with van der Waals surface area (Å²) in [6, 6.07) is 0. The Morgan fingerprint density at radius 1 is 1.15 bits per heavy atom. The van der Waals surface area contributed by atoms with E-state index in [4.69, 9.17) is 0 Å². The monoisotopic (exact) mass is 174 g/mol. The maximum atomic E-state index is 2.54. The first kappa shape index (κ1) is 7.84. The second-order valence-electron chi connectivity index (χ2n) is 5.06. The van der Waals surface area contributed by atoms with Gasteiger partial charge in [-0.15, -0.1) is 0 Å². The van der Waals surface area contributed by atoms with Crippen LogP contribution in [0.4, 0.5) is 0 Å². The van der Waals surface area contributed by atoms with Crippen LogP contribution in [0.2, 0.25) is 0 Å². The van der Waals surface area contributed by atoms with Crippen molar-refractivity contribution in [2.24, 2.45) is 17.3 Å². The molecule has 70 valence electrons. The van der Waals surface area contributed by atoms with Gasteiger partial charge >= 0.3 is 0 Å². The molecule has 0 heteroatoms. The lowest BCUT2D eigenvalue weighted by Gasteiger charge is -2.33. The van der Waals surface area contributed by atoms with E-state index in [1.807, 2.05) is 0 Å². The van der Waals surface area contributed by atoms with Crippen LogP contribution in [0, 0.1) is 17.3 Å². The van der Waals surface area contributed by atoms with Gasteiger partial charge in [0.1, 0.15) is 0 Å². The summed E-state index contributed by atoms with van der Waals surface area (Å²) in [5.41, 5.74) is 0.613. The highest BCUT2D eigenvalue weighted by Gasteiger charge is 2.44. The highest BCUT2D eigenvalue weighted by atomic mass is 14.5. The van der Waals surface area contributed by atoms with E-state index in [1.54, 1.807) is 0 Å². The van der Waals surface area contributed by atoms with Crippen molar-refractivity contribution >= 4 is 0 Å². The first-order valence-electron chi connectivity index (χ1n) is 5.75. The number of allylic oxidation sites excluding steroid dienone is 4. The summed E-state index contributed by atoms with van der Waals surface area (Å²) in [4.78, 5) is 0. The van der Waals surface area contributed by atoms with Crippen LogP contribution in [-0.4, -0.2) is 0 Å². The van der Waals surface area contributed by atoms with Crippen molar-refractivity contribution in [1.29, 1.82) is 0 Å². The number of hydrogen-bond acceptors (Lipinski definition) is 0. The van der Waals surface area contributed by atoms with Gasteiger partial charge in [0.05, 0.1) is 0 Å². The van der Waals surface area contributed by atoms with Crippen LogP contribution >= 0.6 is 0 Å². The fourth-order valence-corrected chi connectivity index (χ4v) is 3.54. The van der Waals surface area contributed by atoms with Crippen molar-refractivity contribution in [1.82, 2.24) is 0 Å². The molecule has 3 aliphatic rings. The number of fused-ring (bicyclic) bond motifs is 2. The van der Waals surface area contributed by atoms with E-state index in [0.717, 1.165) is 11.8 Å². The molecular weight excluding hydrogens is 156 g/mol. The Hall–Kier alpha value is -0.520. The summed E-state index contributed by atoms with van der Waals surface area (Å²) >= 11 is 0. The Kier molecular flexibility index (Phi) is 1.65. The maximum Gasteiger partial charge on any atom is -0.00496 e. The Balaban J connectivity index is 1.87. The van der Waals surface area contributed by atoms with Crippen LogP contribution in [0.5, 0.6) is 0 Å². The van der Waals surface area contributed by atoms with Gasteiger partial charge in [-0.3, -0.25) is 0 Å². The summed E-state index contributed by atoms with van der Waals surface area (Å²) in [5, 5.41) is 0. The topological polar surface area (TPSA) is 0 Å². The lowest BCUT2D eigenvalue weighted by Crippen LogP contribution is -2.24. The molecule has 3 unspecified atom stereocenters. The molecule has 13 heavy (non-hydrogen) atoms. The zero-order valence-electron chi connectivity index (χ0n) is 8.21. The van der Waals surface area contributed by atoms with E-state index in [-0.39, 0.29) is 0 Å². The van der Waals surface area contributed by atoms with Crippen molar-refractivity contribution in [3.63, 3.8) is 0 Å². The molecule has 0 aliphatic heterocycles. The molecule has 0 spiro atoms. The molecule has 0 N–H and O–H groups in total. The minimum absolute atomic E-state index is 0.613. The average Bonchev–Trinajstić information content (AvgIpc) is 2.80. The van der Waals surface area contributed by atoms with E-state index in [0.29, 0.717) is 5.41 Å². The van der Waals surface area contributed by atoms with E-state index >= 15 is 0 Å². The SMILES string of the molecule is C1=CC(C23C=CC(CC2)C3)CCC1. The second-order valence-corrected chi connectivity index (χ2v) is 5.06. The van der Waals surface area contributed by atoms with Gasteiger partial charge in [-0.1, -0.05) is 24.3 Å². The summed E-state index contributed by atoms with van der Waals surface area (Å²) < 4.78 is 0. The Bertz CT molecular complexity index is 261. The van der Waals surface area contributed by atoms with E-state index in [2.05, 4.69) is 24.3 Å². The molecule has 0 aromatic rings. The second kappa shape index (κ2) is 2.73. The highest BCUT2D eigenvalue weighted by Crippen LogP contribution is 2.55. The standard InChI is InChI=1S/C13H18/c1-2-4-12(5-3-1)13-8-6-11(10-13)7-9-13/h2,4,6,8,11-12H,1,3,5,7,9-10H2. The van der Waals surface area contributed by atoms with Crippen molar-refractivity contribution in [2.45, 2.75) is 38.5 Å². The first-order valence-corrected chi connectivity index (χ1v) is 5.75. The molecule has 0 nitrogen and oxygen atoms in total. The molecule has 0 aromatic carbocycles. The van der Waals surface area contributed by atoms with Crippen molar-refractivity contribution in [3.05, 3.63) is 24.3 Å². The molecule has 3 aliphatic carbocycles. The zero-order chi connectivity index (χ0) is 8.73. The molecule has 0 aromatic heterocycles. The Morgan fingerprint density at radius 2 is 2.15 bits per heavy atom. The number of hydrogen-bond donors (Lipinski definition) is 0. The fourth-order valence-electron chi connectivity index (χ4n) is 3.54. The Labute approximate surface area is 80.7 Å². The van der Waals surface area contributed by atoms with Crippen molar-refractivity contribution < 1.29 is 0 Å². The molecule has 0 amide bonds. The number of rotatable bonds is 1. The third-order valence-corrected chi connectivity index (χ3v) is 4.32. The Morgan fingerprint density at radius 3 is 2.69 bits per heavy atom. The summed E-state index contributed by atoms with van der Waals surface area (Å²) in [6.45, 7) is 0. The lowest BCUT2D eigenvalue weighted by molar-refractivity contribution is 0.264. The average molecular weight is 174 g/mol. The molecule has 0 saturated heterocycles. The van der Waals surface area contributed by atoms with E-state index in [9.17, 15) is 0 Å². The van der Waals surface area contributed by atoms with Crippen LogP contribution in [0.3, 0.4) is 0 Å². The van der Waals surface area contributed by atoms with E-state index < -0.39 is 0 Å². The smallest absolute Gasteiger partial charge is 0.00496 e. The van der Waals surface area contributed by atoms with Gasteiger partial charge in [0.15, 0.2) is 0 Å². The third kappa shape index (κ3) is 1.11. The molecule has 2 bridgehead atoms. The van der Waals surface area contributed by atoms with Gasteiger partial charge < -0.3 is 0 Å². The predicted molar refractivity (Wildman–Crippen MR) is 55.4 cm³/mol.